The van der Waals surface area contributed by atoms with Crippen molar-refractivity contribution in [1.82, 2.24) is 10.2 Å². The molecule has 1 aromatic carbocycles. The van der Waals surface area contributed by atoms with Gasteiger partial charge in [0.25, 0.3) is 0 Å². The average Bonchev–Trinajstić information content (AvgIpc) is 2.65. The van der Waals surface area contributed by atoms with Crippen LogP contribution in [0.4, 0.5) is 5.69 Å². The quantitative estimate of drug-likeness (QED) is 0.742. The summed E-state index contributed by atoms with van der Waals surface area (Å²) in [7, 11) is 1.95. The second-order valence-corrected chi connectivity index (χ2v) is 6.79. The van der Waals surface area contributed by atoms with E-state index in [0.29, 0.717) is 31.9 Å². The number of rotatable bonds is 6. The zero-order chi connectivity index (χ0) is 17.6. The Labute approximate surface area is 161 Å². The van der Waals surface area contributed by atoms with Crippen molar-refractivity contribution in [2.45, 2.75) is 44.6 Å². The maximum atomic E-state index is 12.3. The van der Waals surface area contributed by atoms with Crippen LogP contribution in [0.15, 0.2) is 18.2 Å². The Kier molecular flexibility index (Phi) is 7.72. The van der Waals surface area contributed by atoms with Crippen LogP contribution in [-0.2, 0) is 16.0 Å². The number of carbonyl (C=O) groups is 2. The van der Waals surface area contributed by atoms with Gasteiger partial charge in [0.05, 0.1) is 6.61 Å². The predicted octanol–water partition coefficient (Wildman–Crippen LogP) is 2.36. The Bertz CT molecular complexity index is 638. The fourth-order valence-electron chi connectivity index (χ4n) is 3.46. The number of aryl methyl sites for hydroxylation is 1. The van der Waals surface area contributed by atoms with Crippen molar-refractivity contribution in [1.29, 1.82) is 0 Å². The molecule has 7 heteroatoms. The van der Waals surface area contributed by atoms with E-state index in [0.717, 1.165) is 49.4 Å². The minimum atomic E-state index is 0. The number of anilines is 1. The summed E-state index contributed by atoms with van der Waals surface area (Å²) < 4.78 is 5.78. The zero-order valence-electron chi connectivity index (χ0n) is 15.3. The first-order valence-electron chi connectivity index (χ1n) is 9.16. The van der Waals surface area contributed by atoms with Gasteiger partial charge in [-0.2, -0.15) is 0 Å². The van der Waals surface area contributed by atoms with Crippen LogP contribution in [0.5, 0.6) is 5.75 Å². The monoisotopic (exact) mass is 381 g/mol. The summed E-state index contributed by atoms with van der Waals surface area (Å²) in [6.07, 6.45) is 4.72. The van der Waals surface area contributed by atoms with Crippen LogP contribution in [0.25, 0.3) is 0 Å². The highest BCUT2D eigenvalue weighted by atomic mass is 35.5. The summed E-state index contributed by atoms with van der Waals surface area (Å²) in [6, 6.07) is 6.16. The maximum Gasteiger partial charge on any atom is 0.224 e. The Hall–Kier alpha value is -1.79. The van der Waals surface area contributed by atoms with Crippen molar-refractivity contribution in [3.05, 3.63) is 23.8 Å². The number of nitrogens with one attached hydrogen (secondary N) is 2. The van der Waals surface area contributed by atoms with E-state index < -0.39 is 0 Å². The van der Waals surface area contributed by atoms with Gasteiger partial charge in [-0.15, -0.1) is 12.4 Å². The highest BCUT2D eigenvalue weighted by Crippen LogP contribution is 2.26. The van der Waals surface area contributed by atoms with E-state index in [1.165, 1.54) is 0 Å². The van der Waals surface area contributed by atoms with Crippen molar-refractivity contribution in [3.8, 4) is 5.75 Å². The lowest BCUT2D eigenvalue weighted by molar-refractivity contribution is -0.132. The van der Waals surface area contributed by atoms with Gasteiger partial charge in [-0.05, 0) is 56.5 Å². The van der Waals surface area contributed by atoms with E-state index in [1.807, 2.05) is 30.1 Å². The molecule has 26 heavy (non-hydrogen) atoms. The van der Waals surface area contributed by atoms with Crippen LogP contribution in [-0.4, -0.2) is 49.5 Å². The second kappa shape index (κ2) is 9.78. The summed E-state index contributed by atoms with van der Waals surface area (Å²) in [5, 5.41) is 6.12. The molecule has 2 aliphatic rings. The van der Waals surface area contributed by atoms with E-state index in [-0.39, 0.29) is 24.2 Å². The summed E-state index contributed by atoms with van der Waals surface area (Å²) in [6.45, 7) is 2.21. The number of piperidine rings is 1. The number of benzene rings is 1. The lowest BCUT2D eigenvalue weighted by atomic mass is 10.0. The number of carbonyl (C=O) groups excluding carboxylic acids is 2. The number of likely N-dealkylation sites (N-methyl/N-ethyl adjacent to an activating group) is 1. The Morgan fingerprint density at radius 3 is 3.04 bits per heavy atom. The summed E-state index contributed by atoms with van der Waals surface area (Å²) >= 11 is 0. The van der Waals surface area contributed by atoms with Crippen LogP contribution >= 0.6 is 12.4 Å². The Morgan fingerprint density at radius 1 is 1.38 bits per heavy atom. The van der Waals surface area contributed by atoms with E-state index in [1.54, 1.807) is 0 Å². The van der Waals surface area contributed by atoms with Gasteiger partial charge >= 0.3 is 0 Å². The Morgan fingerprint density at radius 2 is 2.23 bits per heavy atom. The number of ether oxygens (including phenoxy) is 1. The highest BCUT2D eigenvalue weighted by molar-refractivity contribution is 5.94. The molecule has 6 nitrogen and oxygen atoms in total. The number of amides is 2. The smallest absolute Gasteiger partial charge is 0.224 e. The number of hydrogen-bond donors (Lipinski definition) is 2. The molecule has 2 heterocycles. The fraction of sp³-hybridized carbons (Fsp3) is 0.579. The normalized spacial score (nSPS) is 19.2. The van der Waals surface area contributed by atoms with Crippen LogP contribution in [0.1, 0.15) is 37.7 Å². The molecular formula is C19H28ClN3O3. The summed E-state index contributed by atoms with van der Waals surface area (Å²) in [5.41, 5.74) is 1.99. The van der Waals surface area contributed by atoms with Crippen molar-refractivity contribution in [2.24, 2.45) is 0 Å². The first kappa shape index (κ1) is 20.5. The molecule has 0 radical (unpaired) electrons. The fourth-order valence-corrected chi connectivity index (χ4v) is 3.46. The second-order valence-electron chi connectivity index (χ2n) is 6.79. The third kappa shape index (κ3) is 5.35. The molecule has 0 spiro atoms. The number of fused-ring (bicyclic) bond motifs is 1. The number of halogens is 1. The standard InChI is InChI=1S/C19H27N3O3.ClH/c1-20-15-4-2-10-22(13-15)19(24)5-3-11-25-16-7-8-17-14(12-16)6-9-18(23)21-17;/h7-8,12,15,20H,2-6,9-11,13H2,1H3,(H,21,23);1H. The van der Waals surface area contributed by atoms with Gasteiger partial charge in [0.2, 0.25) is 11.8 Å². The molecule has 2 aliphatic heterocycles. The van der Waals surface area contributed by atoms with E-state index in [4.69, 9.17) is 4.74 Å². The molecular weight excluding hydrogens is 354 g/mol. The van der Waals surface area contributed by atoms with E-state index in [2.05, 4.69) is 10.6 Å². The number of nitrogens with zero attached hydrogens (tertiary/aromatic N) is 1. The molecule has 1 atom stereocenters. The van der Waals surface area contributed by atoms with Gasteiger partial charge in [-0.1, -0.05) is 0 Å². The van der Waals surface area contributed by atoms with E-state index in [9.17, 15) is 9.59 Å². The van der Waals surface area contributed by atoms with Gasteiger partial charge in [0.15, 0.2) is 0 Å². The van der Waals surface area contributed by atoms with Crippen LogP contribution in [0.2, 0.25) is 0 Å². The molecule has 2 N–H and O–H groups in total. The molecule has 0 bridgehead atoms. The predicted molar refractivity (Wildman–Crippen MR) is 104 cm³/mol. The van der Waals surface area contributed by atoms with Crippen molar-refractivity contribution >= 4 is 29.9 Å². The molecule has 0 saturated carbocycles. The molecule has 1 saturated heterocycles. The van der Waals surface area contributed by atoms with Crippen LogP contribution < -0.4 is 15.4 Å². The minimum Gasteiger partial charge on any atom is -0.494 e. The van der Waals surface area contributed by atoms with Crippen molar-refractivity contribution in [2.75, 3.05) is 32.1 Å². The summed E-state index contributed by atoms with van der Waals surface area (Å²) in [4.78, 5) is 25.6. The molecule has 0 aromatic heterocycles. The lowest BCUT2D eigenvalue weighted by Gasteiger charge is -2.32. The van der Waals surface area contributed by atoms with Gasteiger partial charge in [-0.3, -0.25) is 9.59 Å². The van der Waals surface area contributed by atoms with Gasteiger partial charge in [0, 0.05) is 37.7 Å². The molecule has 2 amide bonds. The largest absolute Gasteiger partial charge is 0.494 e. The van der Waals surface area contributed by atoms with Gasteiger partial charge < -0.3 is 20.3 Å². The first-order chi connectivity index (χ1) is 12.2. The number of likely N-dealkylation sites (tertiary alicyclic amines) is 1. The van der Waals surface area contributed by atoms with Crippen molar-refractivity contribution in [3.63, 3.8) is 0 Å². The SMILES string of the molecule is CNC1CCCN(C(=O)CCCOc2ccc3c(c2)CCC(=O)N3)C1.Cl. The minimum absolute atomic E-state index is 0. The molecule has 1 aromatic rings. The average molecular weight is 382 g/mol. The third-order valence-electron chi connectivity index (χ3n) is 4.96. The molecule has 144 valence electrons. The summed E-state index contributed by atoms with van der Waals surface area (Å²) in [5.74, 6) is 1.09. The zero-order valence-corrected chi connectivity index (χ0v) is 16.1. The maximum absolute atomic E-state index is 12.3. The Balaban J connectivity index is 0.00000243. The molecule has 1 unspecified atom stereocenters. The first-order valence-corrected chi connectivity index (χ1v) is 9.16. The topological polar surface area (TPSA) is 70.7 Å². The third-order valence-corrected chi connectivity index (χ3v) is 4.96. The van der Waals surface area contributed by atoms with Crippen molar-refractivity contribution < 1.29 is 14.3 Å². The number of hydrogen-bond acceptors (Lipinski definition) is 4. The molecule has 0 aliphatic carbocycles. The highest BCUT2D eigenvalue weighted by Gasteiger charge is 2.22. The van der Waals surface area contributed by atoms with E-state index >= 15 is 0 Å². The lowest BCUT2D eigenvalue weighted by Crippen LogP contribution is -2.46. The van der Waals surface area contributed by atoms with Crippen LogP contribution in [0, 0.1) is 0 Å². The van der Waals surface area contributed by atoms with Gasteiger partial charge in [0.1, 0.15) is 5.75 Å². The molecule has 3 rings (SSSR count). The van der Waals surface area contributed by atoms with Gasteiger partial charge in [-0.25, -0.2) is 0 Å². The van der Waals surface area contributed by atoms with Crippen LogP contribution in [0.3, 0.4) is 0 Å². The molecule has 1 fully saturated rings.